The molecule has 0 saturated carbocycles. The summed E-state index contributed by atoms with van der Waals surface area (Å²) in [5.41, 5.74) is -1.01. The fraction of sp³-hybridized carbons (Fsp3) is 0.611. The van der Waals surface area contributed by atoms with Gasteiger partial charge in [0.2, 0.25) is 0 Å². The molecule has 1 saturated heterocycles. The van der Waals surface area contributed by atoms with Crippen molar-refractivity contribution in [2.75, 3.05) is 11.9 Å². The highest BCUT2D eigenvalue weighted by atomic mass is 35.5. The molecule has 1 aromatic heterocycles. The molecular formula is C18H25ClN4O3. The summed E-state index contributed by atoms with van der Waals surface area (Å²) in [7, 11) is 0. The molecule has 142 valence electrons. The van der Waals surface area contributed by atoms with E-state index in [2.05, 4.69) is 10.3 Å². The van der Waals surface area contributed by atoms with E-state index in [9.17, 15) is 4.79 Å². The first-order valence-electron chi connectivity index (χ1n) is 8.44. The van der Waals surface area contributed by atoms with Crippen molar-refractivity contribution >= 4 is 23.5 Å². The van der Waals surface area contributed by atoms with Crippen molar-refractivity contribution < 1.29 is 14.3 Å². The molecule has 8 heteroatoms. The lowest BCUT2D eigenvalue weighted by Crippen LogP contribution is -2.52. The minimum absolute atomic E-state index is 0.206. The summed E-state index contributed by atoms with van der Waals surface area (Å²) in [6.45, 7) is 11.4. The van der Waals surface area contributed by atoms with Crippen LogP contribution in [0.4, 0.5) is 10.6 Å². The number of hydrogen-bond acceptors (Lipinski definition) is 6. The second kappa shape index (κ2) is 7.29. The van der Waals surface area contributed by atoms with Gasteiger partial charge in [0, 0.05) is 12.7 Å². The topological polar surface area (TPSA) is 87.5 Å². The van der Waals surface area contributed by atoms with Gasteiger partial charge in [-0.1, -0.05) is 11.6 Å². The summed E-state index contributed by atoms with van der Waals surface area (Å²) >= 11 is 6.16. The third kappa shape index (κ3) is 4.57. The Morgan fingerprint density at radius 2 is 2.19 bits per heavy atom. The summed E-state index contributed by atoms with van der Waals surface area (Å²) in [5.74, 6) is 0.451. The van der Waals surface area contributed by atoms with Crippen LogP contribution in [-0.2, 0) is 9.47 Å². The number of carbonyl (C=O) groups excluding carboxylic acids is 1. The first kappa shape index (κ1) is 20.3. The standard InChI is InChI=1S/C18H25ClN4O3/c1-11-14(10-22-15-13(19)7-12(8-20)9-21-15)23(18(5,6)25-11)16(24)26-17(2,3)4/h7,9,11,14H,10H2,1-6H3,(H,21,22)/t11-,14-/m1/s1. The summed E-state index contributed by atoms with van der Waals surface area (Å²) in [6, 6.07) is 3.26. The third-order valence-electron chi connectivity index (χ3n) is 3.97. The molecule has 0 spiro atoms. The van der Waals surface area contributed by atoms with Gasteiger partial charge in [-0.15, -0.1) is 0 Å². The number of anilines is 1. The van der Waals surface area contributed by atoms with Crippen LogP contribution in [0.1, 0.15) is 47.1 Å². The Morgan fingerprint density at radius 3 is 2.73 bits per heavy atom. The van der Waals surface area contributed by atoms with Crippen LogP contribution in [0.15, 0.2) is 12.3 Å². The molecule has 1 aliphatic heterocycles. The molecule has 2 heterocycles. The Hall–Kier alpha value is -2.04. The van der Waals surface area contributed by atoms with E-state index in [4.69, 9.17) is 26.3 Å². The summed E-state index contributed by atoms with van der Waals surface area (Å²) < 4.78 is 11.5. The average molecular weight is 381 g/mol. The van der Waals surface area contributed by atoms with E-state index in [1.54, 1.807) is 11.0 Å². The zero-order chi connectivity index (χ0) is 19.7. The highest BCUT2D eigenvalue weighted by Gasteiger charge is 2.49. The molecule has 0 radical (unpaired) electrons. The fourth-order valence-corrected chi connectivity index (χ4v) is 3.19. The number of nitriles is 1. The Kier molecular flexibility index (Phi) is 5.69. The van der Waals surface area contributed by atoms with Gasteiger partial charge >= 0.3 is 6.09 Å². The van der Waals surface area contributed by atoms with Crippen LogP contribution in [0.3, 0.4) is 0 Å². The van der Waals surface area contributed by atoms with E-state index in [0.717, 1.165) is 0 Å². The second-order valence-corrected chi connectivity index (χ2v) is 8.14. The maximum Gasteiger partial charge on any atom is 0.412 e. The van der Waals surface area contributed by atoms with Crippen molar-refractivity contribution in [3.8, 4) is 6.07 Å². The van der Waals surface area contributed by atoms with Crippen molar-refractivity contribution in [3.63, 3.8) is 0 Å². The number of ether oxygens (including phenoxy) is 2. The number of nitrogens with zero attached hydrogens (tertiary/aromatic N) is 3. The lowest BCUT2D eigenvalue weighted by atomic mass is 10.1. The van der Waals surface area contributed by atoms with E-state index in [0.29, 0.717) is 22.9 Å². The molecule has 1 N–H and O–H groups in total. The van der Waals surface area contributed by atoms with Crippen LogP contribution < -0.4 is 5.32 Å². The maximum absolute atomic E-state index is 12.7. The largest absolute Gasteiger partial charge is 0.444 e. The van der Waals surface area contributed by atoms with Crippen LogP contribution >= 0.6 is 11.6 Å². The van der Waals surface area contributed by atoms with Gasteiger partial charge in [-0.3, -0.25) is 4.90 Å². The van der Waals surface area contributed by atoms with Gasteiger partial charge in [0.1, 0.15) is 23.2 Å². The molecular weight excluding hydrogens is 356 g/mol. The van der Waals surface area contributed by atoms with Crippen molar-refractivity contribution in [1.29, 1.82) is 5.26 Å². The van der Waals surface area contributed by atoms with Crippen LogP contribution in [0.25, 0.3) is 0 Å². The Balaban J connectivity index is 2.17. The molecule has 26 heavy (non-hydrogen) atoms. The van der Waals surface area contributed by atoms with Crippen molar-refractivity contribution in [3.05, 3.63) is 22.8 Å². The van der Waals surface area contributed by atoms with E-state index in [1.165, 1.54) is 6.20 Å². The summed E-state index contributed by atoms with van der Waals surface area (Å²) in [4.78, 5) is 18.5. The monoisotopic (exact) mass is 380 g/mol. The minimum atomic E-state index is -0.796. The SMILES string of the molecule is C[C@H]1OC(C)(C)N(C(=O)OC(C)(C)C)[C@@H]1CNc1ncc(C#N)cc1Cl. The molecule has 1 aromatic rings. The van der Waals surface area contributed by atoms with Crippen LogP contribution in [-0.4, -0.2) is 46.0 Å². The Bertz CT molecular complexity index is 724. The molecule has 0 aromatic carbocycles. The van der Waals surface area contributed by atoms with Gasteiger partial charge < -0.3 is 14.8 Å². The normalized spacial score (nSPS) is 22.0. The molecule has 0 unspecified atom stereocenters. The number of rotatable bonds is 3. The fourth-order valence-electron chi connectivity index (χ4n) is 2.95. The van der Waals surface area contributed by atoms with Gasteiger partial charge in [0.15, 0.2) is 0 Å². The predicted molar refractivity (Wildman–Crippen MR) is 98.9 cm³/mol. The zero-order valence-electron chi connectivity index (χ0n) is 16.0. The predicted octanol–water partition coefficient (Wildman–Crippen LogP) is 3.78. The minimum Gasteiger partial charge on any atom is -0.444 e. The number of amides is 1. The lowest BCUT2D eigenvalue weighted by molar-refractivity contribution is -0.0755. The number of halogens is 1. The first-order chi connectivity index (χ1) is 11.9. The van der Waals surface area contributed by atoms with E-state index in [-0.39, 0.29) is 12.1 Å². The Labute approximate surface area is 159 Å². The van der Waals surface area contributed by atoms with Crippen LogP contribution in [0.5, 0.6) is 0 Å². The highest BCUT2D eigenvalue weighted by Crippen LogP contribution is 2.34. The van der Waals surface area contributed by atoms with Crippen molar-refractivity contribution in [1.82, 2.24) is 9.88 Å². The quantitative estimate of drug-likeness (QED) is 0.858. The molecule has 1 fully saturated rings. The number of hydrogen-bond donors (Lipinski definition) is 1. The van der Waals surface area contributed by atoms with E-state index < -0.39 is 17.4 Å². The highest BCUT2D eigenvalue weighted by molar-refractivity contribution is 6.33. The van der Waals surface area contributed by atoms with Gasteiger partial charge in [-0.05, 0) is 47.6 Å². The van der Waals surface area contributed by atoms with Gasteiger partial charge in [0.05, 0.1) is 22.7 Å². The molecule has 0 bridgehead atoms. The summed E-state index contributed by atoms with van der Waals surface area (Å²) in [5, 5.41) is 12.4. The molecule has 2 atom stereocenters. The second-order valence-electron chi connectivity index (χ2n) is 7.73. The number of aromatic nitrogens is 1. The molecule has 7 nitrogen and oxygen atoms in total. The smallest absolute Gasteiger partial charge is 0.412 e. The number of carbonyl (C=O) groups is 1. The van der Waals surface area contributed by atoms with E-state index >= 15 is 0 Å². The molecule has 2 rings (SSSR count). The van der Waals surface area contributed by atoms with Gasteiger partial charge in [-0.2, -0.15) is 5.26 Å². The Morgan fingerprint density at radius 1 is 1.54 bits per heavy atom. The first-order valence-corrected chi connectivity index (χ1v) is 8.82. The number of pyridine rings is 1. The summed E-state index contributed by atoms with van der Waals surface area (Å²) in [6.07, 6.45) is 0.804. The van der Waals surface area contributed by atoms with Gasteiger partial charge in [-0.25, -0.2) is 9.78 Å². The molecule has 1 amide bonds. The van der Waals surface area contributed by atoms with E-state index in [1.807, 2.05) is 47.6 Å². The molecule has 1 aliphatic rings. The number of nitrogens with one attached hydrogen (secondary N) is 1. The van der Waals surface area contributed by atoms with Gasteiger partial charge in [0.25, 0.3) is 0 Å². The third-order valence-corrected chi connectivity index (χ3v) is 4.26. The van der Waals surface area contributed by atoms with Crippen molar-refractivity contribution in [2.45, 2.75) is 65.0 Å². The molecule has 0 aliphatic carbocycles. The zero-order valence-corrected chi connectivity index (χ0v) is 16.7. The average Bonchev–Trinajstić information content (AvgIpc) is 2.72. The lowest BCUT2D eigenvalue weighted by Gasteiger charge is -2.35. The maximum atomic E-state index is 12.7. The van der Waals surface area contributed by atoms with Crippen molar-refractivity contribution in [2.24, 2.45) is 0 Å². The van der Waals surface area contributed by atoms with Crippen LogP contribution in [0, 0.1) is 11.3 Å². The van der Waals surface area contributed by atoms with Crippen LogP contribution in [0.2, 0.25) is 5.02 Å².